The maximum atomic E-state index is 12.2. The Labute approximate surface area is 129 Å². The molecular weight excluding hydrogens is 292 g/mol. The van der Waals surface area contributed by atoms with Gasteiger partial charge in [-0.1, -0.05) is 18.5 Å². The number of carbonyl (C=O) groups is 2. The van der Waals surface area contributed by atoms with Crippen molar-refractivity contribution in [3.8, 4) is 0 Å². The van der Waals surface area contributed by atoms with Gasteiger partial charge in [0.05, 0.1) is 5.56 Å². The molecule has 2 rings (SSSR count). The highest BCUT2D eigenvalue weighted by molar-refractivity contribution is 6.29. The maximum Gasteiger partial charge on any atom is 0.338 e. The molecule has 0 radical (unpaired) electrons. The van der Waals surface area contributed by atoms with Crippen molar-refractivity contribution >= 4 is 23.5 Å². The van der Waals surface area contributed by atoms with E-state index in [1.54, 1.807) is 0 Å². The van der Waals surface area contributed by atoms with Crippen LogP contribution in [0.3, 0.4) is 0 Å². The summed E-state index contributed by atoms with van der Waals surface area (Å²) in [5, 5.41) is 0.220. The van der Waals surface area contributed by atoms with Crippen LogP contribution >= 0.6 is 11.6 Å². The van der Waals surface area contributed by atoms with Gasteiger partial charge in [-0.15, -0.1) is 0 Å². The first-order valence-electron chi connectivity index (χ1n) is 7.20. The number of pyridine rings is 1. The van der Waals surface area contributed by atoms with Crippen molar-refractivity contribution in [1.82, 2.24) is 9.88 Å². The lowest BCUT2D eigenvalue weighted by molar-refractivity contribution is -0.138. The van der Waals surface area contributed by atoms with Crippen LogP contribution in [0.25, 0.3) is 0 Å². The van der Waals surface area contributed by atoms with Crippen LogP contribution in [0, 0.1) is 0 Å². The van der Waals surface area contributed by atoms with Crippen LogP contribution in [0.1, 0.15) is 43.0 Å². The highest BCUT2D eigenvalue weighted by atomic mass is 35.5. The van der Waals surface area contributed by atoms with Crippen LogP contribution in [-0.2, 0) is 9.53 Å². The quantitative estimate of drug-likeness (QED) is 0.633. The third kappa shape index (κ3) is 4.17. The molecule has 0 bridgehead atoms. The number of nitrogens with zero attached hydrogens (tertiary/aromatic N) is 2. The molecule has 21 heavy (non-hydrogen) atoms. The normalized spacial score (nSPS) is 18.4. The standard InChI is InChI=1S/C15H19ClN2O3/c1-2-12-5-3-4-8-18(12)14(19)10-21-15(20)11-6-7-17-13(16)9-11/h6-7,9,12H,2-5,8,10H2,1H3. The number of hydrogen-bond donors (Lipinski definition) is 0. The van der Waals surface area contributed by atoms with Crippen LogP contribution < -0.4 is 0 Å². The molecule has 0 aromatic carbocycles. The second kappa shape index (κ2) is 7.41. The van der Waals surface area contributed by atoms with Gasteiger partial charge in [0.2, 0.25) is 0 Å². The van der Waals surface area contributed by atoms with Gasteiger partial charge in [0, 0.05) is 18.8 Å². The Balaban J connectivity index is 1.90. The summed E-state index contributed by atoms with van der Waals surface area (Å²) in [6.45, 7) is 2.59. The van der Waals surface area contributed by atoms with E-state index in [0.29, 0.717) is 5.56 Å². The number of piperidine rings is 1. The first-order chi connectivity index (χ1) is 10.1. The molecule has 0 aliphatic carbocycles. The zero-order chi connectivity index (χ0) is 15.2. The van der Waals surface area contributed by atoms with Gasteiger partial charge in [-0.05, 0) is 37.8 Å². The smallest absolute Gasteiger partial charge is 0.338 e. The van der Waals surface area contributed by atoms with E-state index in [4.69, 9.17) is 16.3 Å². The second-order valence-electron chi connectivity index (χ2n) is 5.09. The summed E-state index contributed by atoms with van der Waals surface area (Å²) in [4.78, 5) is 29.7. The van der Waals surface area contributed by atoms with Gasteiger partial charge in [0.15, 0.2) is 6.61 Å². The molecule has 5 nitrogen and oxygen atoms in total. The fourth-order valence-electron chi connectivity index (χ4n) is 2.58. The average Bonchev–Trinajstić information content (AvgIpc) is 2.52. The van der Waals surface area contributed by atoms with E-state index in [1.807, 2.05) is 4.90 Å². The Morgan fingerprint density at radius 2 is 2.29 bits per heavy atom. The Kier molecular flexibility index (Phi) is 5.56. The van der Waals surface area contributed by atoms with E-state index in [0.717, 1.165) is 32.2 Å². The van der Waals surface area contributed by atoms with Crippen LogP contribution in [0.4, 0.5) is 0 Å². The average molecular weight is 311 g/mol. The lowest BCUT2D eigenvalue weighted by atomic mass is 10.00. The molecule has 1 aliphatic rings. The predicted molar refractivity (Wildman–Crippen MR) is 79.2 cm³/mol. The topological polar surface area (TPSA) is 59.5 Å². The third-order valence-electron chi connectivity index (χ3n) is 3.71. The minimum Gasteiger partial charge on any atom is -0.452 e. The number of ether oxygens (including phenoxy) is 1. The van der Waals surface area contributed by atoms with Crippen LogP contribution in [0.5, 0.6) is 0 Å². The Morgan fingerprint density at radius 3 is 3.00 bits per heavy atom. The van der Waals surface area contributed by atoms with Crippen LogP contribution in [0.15, 0.2) is 18.3 Å². The molecule has 1 aliphatic heterocycles. The summed E-state index contributed by atoms with van der Waals surface area (Å²) in [6, 6.07) is 3.19. The monoisotopic (exact) mass is 310 g/mol. The zero-order valence-electron chi connectivity index (χ0n) is 12.0. The number of halogens is 1. The number of likely N-dealkylation sites (tertiary alicyclic amines) is 1. The number of aromatic nitrogens is 1. The van der Waals surface area contributed by atoms with Gasteiger partial charge in [-0.3, -0.25) is 4.79 Å². The number of esters is 1. The lowest BCUT2D eigenvalue weighted by Crippen LogP contribution is -2.45. The van der Waals surface area contributed by atoms with Crippen molar-refractivity contribution < 1.29 is 14.3 Å². The zero-order valence-corrected chi connectivity index (χ0v) is 12.8. The fourth-order valence-corrected chi connectivity index (χ4v) is 2.75. The third-order valence-corrected chi connectivity index (χ3v) is 3.91. The molecule has 0 spiro atoms. The molecule has 114 valence electrons. The number of hydrogen-bond acceptors (Lipinski definition) is 4. The SMILES string of the molecule is CCC1CCCCN1C(=O)COC(=O)c1ccnc(Cl)c1. The summed E-state index contributed by atoms with van der Waals surface area (Å²) >= 11 is 5.72. The van der Waals surface area contributed by atoms with Gasteiger partial charge in [0.25, 0.3) is 5.91 Å². The Bertz CT molecular complexity index is 521. The maximum absolute atomic E-state index is 12.2. The molecule has 1 unspecified atom stereocenters. The molecule has 1 atom stereocenters. The van der Waals surface area contributed by atoms with E-state index in [1.165, 1.54) is 18.3 Å². The highest BCUT2D eigenvalue weighted by Gasteiger charge is 2.26. The lowest BCUT2D eigenvalue weighted by Gasteiger charge is -2.35. The first-order valence-corrected chi connectivity index (χ1v) is 7.57. The van der Waals surface area contributed by atoms with Crippen LogP contribution in [0.2, 0.25) is 5.15 Å². The van der Waals surface area contributed by atoms with Crippen molar-refractivity contribution in [2.45, 2.75) is 38.6 Å². The van der Waals surface area contributed by atoms with E-state index >= 15 is 0 Å². The molecule has 1 fully saturated rings. The van der Waals surface area contributed by atoms with E-state index < -0.39 is 5.97 Å². The van der Waals surface area contributed by atoms with Crippen molar-refractivity contribution in [3.63, 3.8) is 0 Å². The summed E-state index contributed by atoms with van der Waals surface area (Å²) in [5.74, 6) is -0.687. The first kappa shape index (κ1) is 15.8. The van der Waals surface area contributed by atoms with E-state index in [9.17, 15) is 9.59 Å². The summed E-state index contributed by atoms with van der Waals surface area (Å²) < 4.78 is 5.07. The molecule has 6 heteroatoms. The minimum absolute atomic E-state index is 0.130. The Hall–Kier alpha value is -1.62. The number of rotatable bonds is 4. The summed E-state index contributed by atoms with van der Waals surface area (Å²) in [5.41, 5.74) is 0.300. The minimum atomic E-state index is -0.558. The number of carbonyl (C=O) groups excluding carboxylic acids is 2. The molecular formula is C15H19ClN2O3. The molecule has 1 aromatic heterocycles. The fraction of sp³-hybridized carbons (Fsp3) is 0.533. The van der Waals surface area contributed by atoms with Crippen molar-refractivity contribution in [1.29, 1.82) is 0 Å². The van der Waals surface area contributed by atoms with Crippen molar-refractivity contribution in [3.05, 3.63) is 29.0 Å². The number of amides is 1. The summed E-state index contributed by atoms with van der Waals surface area (Å²) in [6.07, 6.45) is 5.54. The van der Waals surface area contributed by atoms with E-state index in [2.05, 4.69) is 11.9 Å². The molecule has 0 saturated carbocycles. The molecule has 0 N–H and O–H groups in total. The largest absolute Gasteiger partial charge is 0.452 e. The predicted octanol–water partition coefficient (Wildman–Crippen LogP) is 2.68. The van der Waals surface area contributed by atoms with E-state index in [-0.39, 0.29) is 23.7 Å². The molecule has 1 aromatic rings. The second-order valence-corrected chi connectivity index (χ2v) is 5.48. The van der Waals surface area contributed by atoms with Crippen molar-refractivity contribution in [2.24, 2.45) is 0 Å². The van der Waals surface area contributed by atoms with Gasteiger partial charge in [0.1, 0.15) is 5.15 Å². The van der Waals surface area contributed by atoms with Crippen molar-refractivity contribution in [2.75, 3.05) is 13.2 Å². The van der Waals surface area contributed by atoms with Gasteiger partial charge in [-0.25, -0.2) is 9.78 Å². The molecule has 2 heterocycles. The van der Waals surface area contributed by atoms with Gasteiger partial charge < -0.3 is 9.64 Å². The van der Waals surface area contributed by atoms with Gasteiger partial charge >= 0.3 is 5.97 Å². The van der Waals surface area contributed by atoms with Gasteiger partial charge in [-0.2, -0.15) is 0 Å². The van der Waals surface area contributed by atoms with Crippen LogP contribution in [-0.4, -0.2) is 41.0 Å². The summed E-state index contributed by atoms with van der Waals surface area (Å²) in [7, 11) is 0. The highest BCUT2D eigenvalue weighted by Crippen LogP contribution is 2.19. The molecule has 1 amide bonds. The Morgan fingerprint density at radius 1 is 1.48 bits per heavy atom. The molecule has 1 saturated heterocycles.